The third kappa shape index (κ3) is 5.64. The van der Waals surface area contributed by atoms with Crippen molar-refractivity contribution in [2.24, 2.45) is 0 Å². The number of aromatic nitrogens is 3. The van der Waals surface area contributed by atoms with E-state index in [2.05, 4.69) is 49.2 Å². The standard InChI is InChI=1S/C26H31N5O2S/c1-19-28-25-15-22(7-8-26(25)34-19)33-18-21(32)17-31-13-11-30(12-14-31)10-9-24-23(16-27-29-24)20-5-3-2-4-6-20/h2-8,15-16,21,32H,9-14,17-18H2,1H3,(H,27,29)/t21-/m1/s1. The molecule has 8 heteroatoms. The lowest BCUT2D eigenvalue weighted by molar-refractivity contribution is 0.0463. The number of β-amino-alcohol motifs (C(OH)–C–C–N with tert-alkyl or cyclic N) is 1. The zero-order chi connectivity index (χ0) is 23.3. The zero-order valence-corrected chi connectivity index (χ0v) is 20.3. The minimum absolute atomic E-state index is 0.288. The molecule has 0 amide bonds. The van der Waals surface area contributed by atoms with Crippen molar-refractivity contribution in [3.63, 3.8) is 0 Å². The second kappa shape index (κ2) is 10.7. The first-order valence-electron chi connectivity index (χ1n) is 11.8. The molecule has 0 radical (unpaired) electrons. The molecule has 5 rings (SSSR count). The van der Waals surface area contributed by atoms with E-state index >= 15 is 0 Å². The summed E-state index contributed by atoms with van der Waals surface area (Å²) in [6.45, 7) is 7.81. The molecule has 7 nitrogen and oxygen atoms in total. The van der Waals surface area contributed by atoms with Crippen LogP contribution in [0.3, 0.4) is 0 Å². The first-order chi connectivity index (χ1) is 16.6. The fourth-order valence-electron chi connectivity index (χ4n) is 4.49. The maximum atomic E-state index is 10.5. The normalized spacial score (nSPS) is 16.2. The molecule has 1 aliphatic rings. The molecule has 4 aromatic rings. The fraction of sp³-hybridized carbons (Fsp3) is 0.385. The molecule has 3 heterocycles. The number of benzene rings is 2. The smallest absolute Gasteiger partial charge is 0.121 e. The summed E-state index contributed by atoms with van der Waals surface area (Å²) >= 11 is 1.68. The molecule has 34 heavy (non-hydrogen) atoms. The Bertz CT molecular complexity index is 1200. The van der Waals surface area contributed by atoms with E-state index in [0.717, 1.165) is 65.8 Å². The van der Waals surface area contributed by atoms with Gasteiger partial charge in [0.2, 0.25) is 0 Å². The van der Waals surface area contributed by atoms with Crippen LogP contribution in [0.5, 0.6) is 5.75 Å². The monoisotopic (exact) mass is 477 g/mol. The molecule has 0 unspecified atom stereocenters. The van der Waals surface area contributed by atoms with Crippen LogP contribution >= 0.6 is 11.3 Å². The Morgan fingerprint density at radius 2 is 1.88 bits per heavy atom. The number of aryl methyl sites for hydroxylation is 1. The van der Waals surface area contributed by atoms with Gasteiger partial charge in [-0.05, 0) is 24.6 Å². The van der Waals surface area contributed by atoms with Crippen molar-refractivity contribution < 1.29 is 9.84 Å². The maximum absolute atomic E-state index is 10.5. The molecule has 1 aliphatic heterocycles. The van der Waals surface area contributed by atoms with Gasteiger partial charge >= 0.3 is 0 Å². The molecule has 178 valence electrons. The van der Waals surface area contributed by atoms with Gasteiger partial charge in [0.25, 0.3) is 0 Å². The molecule has 0 spiro atoms. The summed E-state index contributed by atoms with van der Waals surface area (Å²) in [4.78, 5) is 9.31. The summed E-state index contributed by atoms with van der Waals surface area (Å²) in [5, 5.41) is 19.1. The van der Waals surface area contributed by atoms with E-state index in [0.29, 0.717) is 6.54 Å². The summed E-state index contributed by atoms with van der Waals surface area (Å²) in [5.74, 6) is 0.759. The first-order valence-corrected chi connectivity index (χ1v) is 12.7. The molecule has 2 aromatic heterocycles. The van der Waals surface area contributed by atoms with E-state index < -0.39 is 6.10 Å². The summed E-state index contributed by atoms with van der Waals surface area (Å²) in [6.07, 6.45) is 2.40. The van der Waals surface area contributed by atoms with Crippen LogP contribution in [0.25, 0.3) is 21.3 Å². The van der Waals surface area contributed by atoms with Crippen molar-refractivity contribution in [3.8, 4) is 16.9 Å². The number of hydrogen-bond donors (Lipinski definition) is 2. The third-order valence-electron chi connectivity index (χ3n) is 6.31. The molecule has 2 aromatic carbocycles. The summed E-state index contributed by atoms with van der Waals surface area (Å²) in [7, 11) is 0. The molecule has 0 saturated carbocycles. The lowest BCUT2D eigenvalue weighted by atomic mass is 10.0. The summed E-state index contributed by atoms with van der Waals surface area (Å²) < 4.78 is 7.00. The van der Waals surface area contributed by atoms with E-state index in [4.69, 9.17) is 4.74 Å². The number of H-pyrrole nitrogens is 1. The Hall–Kier alpha value is -2.78. The van der Waals surface area contributed by atoms with Gasteiger partial charge in [0.05, 0.1) is 20.9 Å². The Morgan fingerprint density at radius 1 is 1.09 bits per heavy atom. The lowest BCUT2D eigenvalue weighted by Gasteiger charge is -2.35. The van der Waals surface area contributed by atoms with Crippen molar-refractivity contribution in [1.29, 1.82) is 0 Å². The van der Waals surface area contributed by atoms with Crippen LogP contribution in [0, 0.1) is 6.92 Å². The van der Waals surface area contributed by atoms with Gasteiger partial charge in [0.15, 0.2) is 0 Å². The number of piperazine rings is 1. The Balaban J connectivity index is 1.04. The highest BCUT2D eigenvalue weighted by Gasteiger charge is 2.20. The van der Waals surface area contributed by atoms with Crippen LogP contribution < -0.4 is 4.74 Å². The lowest BCUT2D eigenvalue weighted by Crippen LogP contribution is -2.49. The predicted molar refractivity (Wildman–Crippen MR) is 136 cm³/mol. The SMILES string of the molecule is Cc1nc2cc(OC[C@H](O)CN3CCN(CCc4n[nH]cc4-c4ccccc4)CC3)ccc2s1. The van der Waals surface area contributed by atoms with Gasteiger partial charge in [0.1, 0.15) is 18.5 Å². The Labute approximate surface area is 204 Å². The average molecular weight is 478 g/mol. The van der Waals surface area contributed by atoms with Crippen molar-refractivity contribution in [2.45, 2.75) is 19.4 Å². The molecule has 0 bridgehead atoms. The number of aliphatic hydroxyl groups is 1. The van der Waals surface area contributed by atoms with E-state index in [1.807, 2.05) is 37.4 Å². The minimum Gasteiger partial charge on any atom is -0.491 e. The third-order valence-corrected chi connectivity index (χ3v) is 7.26. The number of thiazole rings is 1. The van der Waals surface area contributed by atoms with Gasteiger partial charge in [-0.2, -0.15) is 5.10 Å². The highest BCUT2D eigenvalue weighted by atomic mass is 32.1. The largest absolute Gasteiger partial charge is 0.491 e. The molecule has 0 aliphatic carbocycles. The number of hydrogen-bond acceptors (Lipinski definition) is 7. The van der Waals surface area contributed by atoms with Crippen LogP contribution in [-0.2, 0) is 6.42 Å². The maximum Gasteiger partial charge on any atom is 0.121 e. The van der Waals surface area contributed by atoms with Crippen molar-refractivity contribution >= 4 is 21.6 Å². The highest BCUT2D eigenvalue weighted by Crippen LogP contribution is 2.26. The van der Waals surface area contributed by atoms with E-state index in [9.17, 15) is 5.11 Å². The van der Waals surface area contributed by atoms with Crippen molar-refractivity contribution in [3.05, 3.63) is 65.4 Å². The number of nitrogens with one attached hydrogen (secondary N) is 1. The number of fused-ring (bicyclic) bond motifs is 1. The number of aromatic amines is 1. The van der Waals surface area contributed by atoms with E-state index in [1.54, 1.807) is 11.3 Å². The van der Waals surface area contributed by atoms with Gasteiger partial charge in [-0.3, -0.25) is 10.00 Å². The van der Waals surface area contributed by atoms with Crippen LogP contribution in [0.15, 0.2) is 54.7 Å². The predicted octanol–water partition coefficient (Wildman–Crippen LogP) is 3.59. The Morgan fingerprint density at radius 3 is 2.71 bits per heavy atom. The van der Waals surface area contributed by atoms with Crippen LogP contribution in [0.1, 0.15) is 10.7 Å². The highest BCUT2D eigenvalue weighted by molar-refractivity contribution is 7.18. The van der Waals surface area contributed by atoms with Gasteiger partial charge in [-0.25, -0.2) is 4.98 Å². The molecular formula is C26H31N5O2S. The van der Waals surface area contributed by atoms with Crippen LogP contribution in [-0.4, -0.2) is 82.1 Å². The number of aliphatic hydroxyl groups excluding tert-OH is 1. The van der Waals surface area contributed by atoms with Crippen molar-refractivity contribution in [2.75, 3.05) is 45.9 Å². The second-order valence-corrected chi connectivity index (χ2v) is 10.1. The molecule has 1 saturated heterocycles. The van der Waals surface area contributed by atoms with Crippen LogP contribution in [0.2, 0.25) is 0 Å². The van der Waals surface area contributed by atoms with E-state index in [1.165, 1.54) is 11.1 Å². The number of ether oxygens (including phenoxy) is 1. The van der Waals surface area contributed by atoms with Gasteiger partial charge < -0.3 is 14.7 Å². The zero-order valence-electron chi connectivity index (χ0n) is 19.5. The molecule has 1 atom stereocenters. The first kappa shape index (κ1) is 23.0. The second-order valence-electron chi connectivity index (χ2n) is 8.83. The van der Waals surface area contributed by atoms with Gasteiger partial charge in [-0.1, -0.05) is 30.3 Å². The van der Waals surface area contributed by atoms with E-state index in [-0.39, 0.29) is 6.61 Å². The minimum atomic E-state index is -0.517. The van der Waals surface area contributed by atoms with Crippen LogP contribution in [0.4, 0.5) is 0 Å². The average Bonchev–Trinajstić information content (AvgIpc) is 3.48. The topological polar surface area (TPSA) is 77.5 Å². The van der Waals surface area contributed by atoms with Crippen molar-refractivity contribution in [1.82, 2.24) is 25.0 Å². The molecular weight excluding hydrogens is 446 g/mol. The quantitative estimate of drug-likeness (QED) is 0.384. The van der Waals surface area contributed by atoms with Gasteiger partial charge in [0, 0.05) is 63.5 Å². The Kier molecular flexibility index (Phi) is 7.20. The molecule has 2 N–H and O–H groups in total. The number of rotatable bonds is 9. The summed E-state index contributed by atoms with van der Waals surface area (Å²) in [5.41, 5.74) is 4.46. The van der Waals surface area contributed by atoms with Gasteiger partial charge in [-0.15, -0.1) is 11.3 Å². The molecule has 1 fully saturated rings. The number of nitrogens with zero attached hydrogens (tertiary/aromatic N) is 4. The summed E-state index contributed by atoms with van der Waals surface area (Å²) in [6, 6.07) is 16.3. The fourth-order valence-corrected chi connectivity index (χ4v) is 5.30.